The monoisotopic (exact) mass is 330 g/mol. The molecule has 5 nitrogen and oxygen atoms in total. The van der Waals surface area contributed by atoms with Gasteiger partial charge in [0.1, 0.15) is 11.6 Å². The lowest BCUT2D eigenvalue weighted by molar-refractivity contribution is 0.199. The Morgan fingerprint density at radius 1 is 1.12 bits per heavy atom. The van der Waals surface area contributed by atoms with Gasteiger partial charge in [-0.1, -0.05) is 12.1 Å². The minimum absolute atomic E-state index is 0.0289. The lowest BCUT2D eigenvalue weighted by Crippen LogP contribution is -2.33. The second-order valence-electron chi connectivity index (χ2n) is 7.04. The molecule has 1 saturated heterocycles. The largest absolute Gasteiger partial charge is 0.345 e. The van der Waals surface area contributed by atoms with Crippen molar-refractivity contribution in [1.29, 1.82) is 0 Å². The summed E-state index contributed by atoms with van der Waals surface area (Å²) in [6.07, 6.45) is 4.23. The van der Waals surface area contributed by atoms with E-state index >= 15 is 0 Å². The van der Waals surface area contributed by atoms with Gasteiger partial charge in [0.15, 0.2) is 0 Å². The standard InChI is InChI=1S/C18H23FN4O/c1-21-18(24)23(16-6-7-16)17(20-21)14-8-10-22(11-9-14)12-13-2-4-15(19)5-3-13/h2-5,14,16H,6-12H2,1H3. The Kier molecular flexibility index (Phi) is 4.00. The average molecular weight is 330 g/mol. The van der Waals surface area contributed by atoms with E-state index in [4.69, 9.17) is 0 Å². The van der Waals surface area contributed by atoms with Gasteiger partial charge in [0.25, 0.3) is 0 Å². The van der Waals surface area contributed by atoms with Crippen molar-refractivity contribution in [3.63, 3.8) is 0 Å². The topological polar surface area (TPSA) is 43.1 Å². The summed E-state index contributed by atoms with van der Waals surface area (Å²) < 4.78 is 16.4. The fraction of sp³-hybridized carbons (Fsp3) is 0.556. The summed E-state index contributed by atoms with van der Waals surface area (Å²) in [4.78, 5) is 14.7. The molecule has 1 aromatic heterocycles. The van der Waals surface area contributed by atoms with E-state index in [0.717, 1.165) is 56.7 Å². The molecule has 2 aromatic rings. The Morgan fingerprint density at radius 2 is 1.79 bits per heavy atom. The predicted molar refractivity (Wildman–Crippen MR) is 89.4 cm³/mol. The van der Waals surface area contributed by atoms with E-state index in [1.165, 1.54) is 16.8 Å². The SMILES string of the molecule is Cn1nc(C2CCN(Cc3ccc(F)cc3)CC2)n(C2CC2)c1=O. The summed E-state index contributed by atoms with van der Waals surface area (Å²) in [7, 11) is 1.74. The fourth-order valence-electron chi connectivity index (χ4n) is 3.65. The zero-order chi connectivity index (χ0) is 16.7. The number of aromatic nitrogens is 3. The van der Waals surface area contributed by atoms with Crippen molar-refractivity contribution in [1.82, 2.24) is 19.2 Å². The van der Waals surface area contributed by atoms with E-state index in [2.05, 4.69) is 10.00 Å². The highest BCUT2D eigenvalue weighted by Crippen LogP contribution is 2.37. The van der Waals surface area contributed by atoms with Crippen LogP contribution in [0.15, 0.2) is 29.1 Å². The first-order valence-electron chi connectivity index (χ1n) is 8.74. The van der Waals surface area contributed by atoms with Gasteiger partial charge in [-0.2, -0.15) is 5.10 Å². The Labute approximate surface area is 140 Å². The molecule has 2 heterocycles. The van der Waals surface area contributed by atoms with Crippen molar-refractivity contribution in [3.05, 3.63) is 52.0 Å². The van der Waals surface area contributed by atoms with Gasteiger partial charge in [-0.25, -0.2) is 13.9 Å². The maximum absolute atomic E-state index is 13.0. The highest BCUT2D eigenvalue weighted by molar-refractivity contribution is 5.16. The van der Waals surface area contributed by atoms with Crippen LogP contribution in [0.1, 0.15) is 49.0 Å². The highest BCUT2D eigenvalue weighted by Gasteiger charge is 2.33. The van der Waals surface area contributed by atoms with E-state index in [0.29, 0.717) is 12.0 Å². The number of hydrogen-bond acceptors (Lipinski definition) is 3. The summed E-state index contributed by atoms with van der Waals surface area (Å²) in [6, 6.07) is 7.11. The van der Waals surface area contributed by atoms with Crippen LogP contribution < -0.4 is 5.69 Å². The molecule has 4 rings (SSSR count). The Bertz CT molecular complexity index is 767. The van der Waals surface area contributed by atoms with E-state index in [1.54, 1.807) is 7.05 Å². The summed E-state index contributed by atoms with van der Waals surface area (Å²) >= 11 is 0. The third-order valence-electron chi connectivity index (χ3n) is 5.17. The Morgan fingerprint density at radius 3 is 2.42 bits per heavy atom. The van der Waals surface area contributed by atoms with E-state index < -0.39 is 0 Å². The summed E-state index contributed by atoms with van der Waals surface area (Å²) in [6.45, 7) is 2.82. The third kappa shape index (κ3) is 3.02. The molecule has 128 valence electrons. The van der Waals surface area contributed by atoms with E-state index in [-0.39, 0.29) is 11.5 Å². The summed E-state index contributed by atoms with van der Waals surface area (Å²) in [5, 5.41) is 4.52. The molecule has 6 heteroatoms. The molecule has 2 fully saturated rings. The number of benzene rings is 1. The summed E-state index contributed by atoms with van der Waals surface area (Å²) in [5.74, 6) is 1.15. The Balaban J connectivity index is 1.42. The van der Waals surface area contributed by atoms with Gasteiger partial charge < -0.3 is 0 Å². The molecular formula is C18H23FN4O. The molecule has 2 aliphatic rings. The van der Waals surface area contributed by atoms with Crippen LogP contribution >= 0.6 is 0 Å². The molecule has 1 aliphatic carbocycles. The quantitative estimate of drug-likeness (QED) is 0.865. The average Bonchev–Trinajstić information content (AvgIpc) is 3.37. The van der Waals surface area contributed by atoms with Crippen LogP contribution in [-0.4, -0.2) is 32.3 Å². The van der Waals surface area contributed by atoms with Crippen molar-refractivity contribution in [2.45, 2.75) is 44.2 Å². The number of halogens is 1. The van der Waals surface area contributed by atoms with Crippen molar-refractivity contribution < 1.29 is 4.39 Å². The third-order valence-corrected chi connectivity index (χ3v) is 5.17. The number of piperidine rings is 1. The number of likely N-dealkylation sites (tertiary alicyclic amines) is 1. The van der Waals surface area contributed by atoms with E-state index in [1.807, 2.05) is 16.7 Å². The van der Waals surface area contributed by atoms with Crippen molar-refractivity contribution >= 4 is 0 Å². The first-order valence-corrected chi connectivity index (χ1v) is 8.74. The molecule has 0 atom stereocenters. The van der Waals surface area contributed by atoms with Gasteiger partial charge in [-0.05, 0) is 56.5 Å². The smallest absolute Gasteiger partial charge is 0.299 e. The van der Waals surface area contributed by atoms with Crippen molar-refractivity contribution in [2.24, 2.45) is 7.05 Å². The minimum atomic E-state index is -0.189. The fourth-order valence-corrected chi connectivity index (χ4v) is 3.65. The zero-order valence-corrected chi connectivity index (χ0v) is 14.0. The molecule has 24 heavy (non-hydrogen) atoms. The lowest BCUT2D eigenvalue weighted by Gasteiger charge is -2.31. The van der Waals surface area contributed by atoms with Gasteiger partial charge in [0.05, 0.1) is 0 Å². The summed E-state index contributed by atoms with van der Waals surface area (Å²) in [5.41, 5.74) is 1.17. The first kappa shape index (κ1) is 15.6. The lowest BCUT2D eigenvalue weighted by atomic mass is 9.95. The number of aryl methyl sites for hydroxylation is 1. The van der Waals surface area contributed by atoms with Crippen LogP contribution in [0.4, 0.5) is 4.39 Å². The Hall–Kier alpha value is -1.95. The van der Waals surface area contributed by atoms with Crippen LogP contribution in [0.25, 0.3) is 0 Å². The number of nitrogens with zero attached hydrogens (tertiary/aromatic N) is 4. The second-order valence-corrected chi connectivity index (χ2v) is 7.04. The van der Waals surface area contributed by atoms with E-state index in [9.17, 15) is 9.18 Å². The molecule has 0 N–H and O–H groups in total. The van der Waals surface area contributed by atoms with Crippen LogP contribution in [0, 0.1) is 5.82 Å². The minimum Gasteiger partial charge on any atom is -0.299 e. The first-order chi connectivity index (χ1) is 11.6. The second kappa shape index (κ2) is 6.16. The normalized spacial score (nSPS) is 19.8. The maximum Gasteiger partial charge on any atom is 0.345 e. The van der Waals surface area contributed by atoms with Gasteiger partial charge in [-0.3, -0.25) is 9.47 Å². The highest BCUT2D eigenvalue weighted by atomic mass is 19.1. The molecule has 1 saturated carbocycles. The van der Waals surface area contributed by atoms with Gasteiger partial charge >= 0.3 is 5.69 Å². The molecule has 0 unspecified atom stereocenters. The molecule has 0 amide bonds. The van der Waals surface area contributed by atoms with Crippen LogP contribution in [0.3, 0.4) is 0 Å². The molecule has 1 aromatic carbocycles. The maximum atomic E-state index is 13.0. The van der Waals surface area contributed by atoms with Crippen LogP contribution in [-0.2, 0) is 13.6 Å². The molecule has 0 spiro atoms. The number of hydrogen-bond donors (Lipinski definition) is 0. The molecule has 0 radical (unpaired) electrons. The molecular weight excluding hydrogens is 307 g/mol. The zero-order valence-electron chi connectivity index (χ0n) is 14.0. The molecule has 1 aliphatic heterocycles. The van der Waals surface area contributed by atoms with Crippen LogP contribution in [0.2, 0.25) is 0 Å². The van der Waals surface area contributed by atoms with Gasteiger partial charge in [0.2, 0.25) is 0 Å². The number of rotatable bonds is 4. The molecule has 0 bridgehead atoms. The van der Waals surface area contributed by atoms with Crippen molar-refractivity contribution in [2.75, 3.05) is 13.1 Å². The van der Waals surface area contributed by atoms with Gasteiger partial charge in [0, 0.05) is 25.6 Å². The van der Waals surface area contributed by atoms with Gasteiger partial charge in [-0.15, -0.1) is 0 Å². The predicted octanol–water partition coefficient (Wildman–Crippen LogP) is 2.44. The van der Waals surface area contributed by atoms with Crippen LogP contribution in [0.5, 0.6) is 0 Å². The van der Waals surface area contributed by atoms with Crippen molar-refractivity contribution in [3.8, 4) is 0 Å².